The first-order valence-electron chi connectivity index (χ1n) is 5.77. The number of hydrogen-bond acceptors (Lipinski definition) is 3. The van der Waals surface area contributed by atoms with Gasteiger partial charge in [0.25, 0.3) is 5.91 Å². The second-order valence-corrected chi connectivity index (χ2v) is 4.66. The lowest BCUT2D eigenvalue weighted by atomic mass is 10.1. The average Bonchev–Trinajstić information content (AvgIpc) is 2.39. The van der Waals surface area contributed by atoms with E-state index in [-0.39, 0.29) is 27.5 Å². The molecule has 21 heavy (non-hydrogen) atoms. The Kier molecular flexibility index (Phi) is 4.09. The molecule has 5 nitrogen and oxygen atoms in total. The highest BCUT2D eigenvalue weighted by Gasteiger charge is 2.13. The predicted molar refractivity (Wildman–Crippen MR) is 77.2 cm³/mol. The molecule has 0 heterocycles. The molecule has 0 aliphatic carbocycles. The maximum absolute atomic E-state index is 13.6. The third-order valence-electron chi connectivity index (χ3n) is 2.64. The number of nitrogens with one attached hydrogen (secondary N) is 1. The van der Waals surface area contributed by atoms with Gasteiger partial charge in [-0.3, -0.25) is 4.79 Å². The van der Waals surface area contributed by atoms with Crippen LogP contribution in [0.2, 0.25) is 5.02 Å². The molecule has 0 fully saturated rings. The molecular weight excluding hydrogens is 299 g/mol. The van der Waals surface area contributed by atoms with Crippen molar-refractivity contribution in [2.75, 3.05) is 11.1 Å². The van der Waals surface area contributed by atoms with Gasteiger partial charge in [-0.25, -0.2) is 9.18 Å². The Labute approximate surface area is 124 Å². The number of amides is 1. The first kappa shape index (κ1) is 14.8. The number of anilines is 2. The van der Waals surface area contributed by atoms with Gasteiger partial charge in [-0.15, -0.1) is 0 Å². The summed E-state index contributed by atoms with van der Waals surface area (Å²) >= 11 is 5.78. The summed E-state index contributed by atoms with van der Waals surface area (Å²) < 4.78 is 13.6. The molecule has 2 rings (SSSR count). The Morgan fingerprint density at radius 1 is 1.14 bits per heavy atom. The maximum Gasteiger partial charge on any atom is 0.335 e. The van der Waals surface area contributed by atoms with Crippen molar-refractivity contribution in [3.8, 4) is 0 Å². The van der Waals surface area contributed by atoms with E-state index in [1.165, 1.54) is 18.2 Å². The van der Waals surface area contributed by atoms with E-state index in [2.05, 4.69) is 5.32 Å². The van der Waals surface area contributed by atoms with Crippen LogP contribution in [0, 0.1) is 5.82 Å². The van der Waals surface area contributed by atoms with Crippen LogP contribution in [0.25, 0.3) is 0 Å². The van der Waals surface area contributed by atoms with E-state index < -0.39 is 17.7 Å². The monoisotopic (exact) mass is 308 g/mol. The van der Waals surface area contributed by atoms with Gasteiger partial charge in [0.1, 0.15) is 5.82 Å². The molecule has 0 unspecified atom stereocenters. The summed E-state index contributed by atoms with van der Waals surface area (Å²) in [5.74, 6) is -2.62. The molecule has 108 valence electrons. The lowest BCUT2D eigenvalue weighted by molar-refractivity contribution is 0.0696. The Balaban J connectivity index is 2.31. The van der Waals surface area contributed by atoms with Crippen LogP contribution in [0.15, 0.2) is 36.4 Å². The van der Waals surface area contributed by atoms with E-state index in [1.54, 1.807) is 0 Å². The van der Waals surface area contributed by atoms with Gasteiger partial charge < -0.3 is 16.2 Å². The molecule has 1 amide bonds. The van der Waals surface area contributed by atoms with E-state index in [4.69, 9.17) is 22.4 Å². The molecule has 4 N–H and O–H groups in total. The van der Waals surface area contributed by atoms with Crippen LogP contribution in [0.5, 0.6) is 0 Å². The Hall–Kier alpha value is -2.60. The average molecular weight is 309 g/mol. The molecule has 0 atom stereocenters. The summed E-state index contributed by atoms with van der Waals surface area (Å²) in [6, 6.07) is 7.30. The molecule has 0 saturated carbocycles. The van der Waals surface area contributed by atoms with Crippen LogP contribution in [0.4, 0.5) is 15.8 Å². The van der Waals surface area contributed by atoms with Crippen LogP contribution in [0.1, 0.15) is 20.7 Å². The highest BCUT2D eigenvalue weighted by molar-refractivity contribution is 6.31. The fourth-order valence-electron chi connectivity index (χ4n) is 1.69. The number of carbonyl (C=O) groups is 2. The molecule has 0 aliphatic rings. The maximum atomic E-state index is 13.6. The molecule has 0 saturated heterocycles. The molecule has 2 aromatic rings. The number of carboxylic acids is 1. The molecule has 0 spiro atoms. The normalized spacial score (nSPS) is 10.2. The smallest absolute Gasteiger partial charge is 0.335 e. The van der Waals surface area contributed by atoms with E-state index in [0.717, 1.165) is 18.2 Å². The number of carboxylic acid groups (broad SMARTS) is 1. The lowest BCUT2D eigenvalue weighted by Gasteiger charge is -2.08. The van der Waals surface area contributed by atoms with E-state index in [0.29, 0.717) is 0 Å². The number of benzene rings is 2. The molecule has 7 heteroatoms. The Bertz CT molecular complexity index is 714. The van der Waals surface area contributed by atoms with Gasteiger partial charge in [0, 0.05) is 16.3 Å². The standard InChI is InChI=1S/C14H10ClFN2O3/c15-9-3-8(4-10(17)6-9)13(19)18-12-5-7(14(20)21)1-2-11(12)16/h1-6H,17H2,(H,18,19)(H,20,21). The first-order chi connectivity index (χ1) is 9.86. The minimum Gasteiger partial charge on any atom is -0.478 e. The van der Waals surface area contributed by atoms with Gasteiger partial charge in [0.05, 0.1) is 11.3 Å². The van der Waals surface area contributed by atoms with E-state index in [9.17, 15) is 14.0 Å². The number of carbonyl (C=O) groups excluding carboxylic acids is 1. The third-order valence-corrected chi connectivity index (χ3v) is 2.86. The Morgan fingerprint density at radius 2 is 1.86 bits per heavy atom. The minimum absolute atomic E-state index is 0.139. The fourth-order valence-corrected chi connectivity index (χ4v) is 1.94. The lowest BCUT2D eigenvalue weighted by Crippen LogP contribution is -2.14. The zero-order valence-corrected chi connectivity index (χ0v) is 11.3. The van der Waals surface area contributed by atoms with Gasteiger partial charge in [-0.05, 0) is 36.4 Å². The number of hydrogen-bond donors (Lipinski definition) is 3. The minimum atomic E-state index is -1.22. The number of rotatable bonds is 3. The summed E-state index contributed by atoms with van der Waals surface area (Å²) in [7, 11) is 0. The van der Waals surface area contributed by atoms with Crippen molar-refractivity contribution in [2.45, 2.75) is 0 Å². The zero-order chi connectivity index (χ0) is 15.6. The third kappa shape index (κ3) is 3.49. The van der Waals surface area contributed by atoms with Crippen LogP contribution in [-0.4, -0.2) is 17.0 Å². The van der Waals surface area contributed by atoms with Crippen LogP contribution >= 0.6 is 11.6 Å². The highest BCUT2D eigenvalue weighted by atomic mass is 35.5. The number of aromatic carboxylic acids is 1. The summed E-state index contributed by atoms with van der Waals surface area (Å²) in [5.41, 5.74) is 5.61. The predicted octanol–water partition coefficient (Wildman–Crippen LogP) is 3.01. The second-order valence-electron chi connectivity index (χ2n) is 4.23. The van der Waals surface area contributed by atoms with Crippen molar-refractivity contribution in [2.24, 2.45) is 0 Å². The SMILES string of the molecule is Nc1cc(Cl)cc(C(=O)Nc2cc(C(=O)O)ccc2F)c1. The molecule has 0 aliphatic heterocycles. The van der Waals surface area contributed by atoms with Crippen molar-refractivity contribution in [1.82, 2.24) is 0 Å². The van der Waals surface area contributed by atoms with Crippen LogP contribution in [0.3, 0.4) is 0 Å². The van der Waals surface area contributed by atoms with Crippen molar-refractivity contribution < 1.29 is 19.1 Å². The molecule has 2 aromatic carbocycles. The topological polar surface area (TPSA) is 92.4 Å². The molecule has 0 aromatic heterocycles. The van der Waals surface area contributed by atoms with Crippen molar-refractivity contribution in [3.05, 3.63) is 58.4 Å². The highest BCUT2D eigenvalue weighted by Crippen LogP contribution is 2.20. The van der Waals surface area contributed by atoms with Crippen molar-refractivity contribution >= 4 is 34.9 Å². The van der Waals surface area contributed by atoms with Crippen molar-refractivity contribution in [1.29, 1.82) is 0 Å². The summed E-state index contributed by atoms with van der Waals surface area (Å²) in [4.78, 5) is 22.9. The Morgan fingerprint density at radius 3 is 2.48 bits per heavy atom. The zero-order valence-electron chi connectivity index (χ0n) is 10.6. The van der Waals surface area contributed by atoms with Gasteiger partial charge in [-0.1, -0.05) is 11.6 Å². The number of halogens is 2. The van der Waals surface area contributed by atoms with Gasteiger partial charge in [-0.2, -0.15) is 0 Å². The first-order valence-corrected chi connectivity index (χ1v) is 6.15. The molecule has 0 radical (unpaired) electrons. The summed E-state index contributed by atoms with van der Waals surface area (Å²) in [5, 5.41) is 11.4. The van der Waals surface area contributed by atoms with Crippen LogP contribution < -0.4 is 11.1 Å². The largest absolute Gasteiger partial charge is 0.478 e. The van der Waals surface area contributed by atoms with Gasteiger partial charge >= 0.3 is 5.97 Å². The summed E-state index contributed by atoms with van der Waals surface area (Å²) in [6.07, 6.45) is 0. The van der Waals surface area contributed by atoms with Crippen LogP contribution in [-0.2, 0) is 0 Å². The molecule has 0 bridgehead atoms. The van der Waals surface area contributed by atoms with Gasteiger partial charge in [0.2, 0.25) is 0 Å². The number of nitrogen functional groups attached to an aromatic ring is 1. The van der Waals surface area contributed by atoms with E-state index >= 15 is 0 Å². The quantitative estimate of drug-likeness (QED) is 0.760. The van der Waals surface area contributed by atoms with E-state index in [1.807, 2.05) is 0 Å². The summed E-state index contributed by atoms with van der Waals surface area (Å²) in [6.45, 7) is 0. The van der Waals surface area contributed by atoms with Crippen molar-refractivity contribution in [3.63, 3.8) is 0 Å². The second kappa shape index (κ2) is 5.80. The van der Waals surface area contributed by atoms with Gasteiger partial charge in [0.15, 0.2) is 0 Å². The fraction of sp³-hybridized carbons (Fsp3) is 0. The molecular formula is C14H10ClFN2O3. The number of nitrogens with two attached hydrogens (primary N) is 1.